The summed E-state index contributed by atoms with van der Waals surface area (Å²) in [5, 5.41) is 12.8. The molecular formula is C13H21NO3. The average molecular weight is 239 g/mol. The lowest BCUT2D eigenvalue weighted by Gasteiger charge is -2.35. The Balaban J connectivity index is 2.94. The van der Waals surface area contributed by atoms with Crippen LogP contribution in [0.4, 0.5) is 5.69 Å². The number of benzene rings is 1. The van der Waals surface area contributed by atoms with Gasteiger partial charge in [0.05, 0.1) is 31.0 Å². The maximum Gasteiger partial charge on any atom is 0.141 e. The monoisotopic (exact) mass is 239 g/mol. The van der Waals surface area contributed by atoms with Crippen LogP contribution >= 0.6 is 0 Å². The van der Waals surface area contributed by atoms with Gasteiger partial charge in [0, 0.05) is 7.11 Å². The Hall–Kier alpha value is -1.26. The van der Waals surface area contributed by atoms with E-state index in [1.54, 1.807) is 14.2 Å². The van der Waals surface area contributed by atoms with Gasteiger partial charge in [-0.05, 0) is 26.0 Å². The molecular weight excluding hydrogens is 218 g/mol. The number of rotatable bonds is 6. The first-order valence-corrected chi connectivity index (χ1v) is 5.62. The third-order valence-corrected chi connectivity index (χ3v) is 3.11. The minimum Gasteiger partial charge on any atom is -0.495 e. The van der Waals surface area contributed by atoms with Gasteiger partial charge in [-0.2, -0.15) is 0 Å². The van der Waals surface area contributed by atoms with E-state index in [0.717, 1.165) is 11.4 Å². The largest absolute Gasteiger partial charge is 0.495 e. The molecule has 1 rings (SSSR count). The lowest BCUT2D eigenvalue weighted by Crippen LogP contribution is -2.49. The molecule has 0 radical (unpaired) electrons. The molecule has 0 aliphatic heterocycles. The molecule has 17 heavy (non-hydrogen) atoms. The lowest BCUT2D eigenvalue weighted by atomic mass is 9.96. The second kappa shape index (κ2) is 5.89. The van der Waals surface area contributed by atoms with Gasteiger partial charge in [0.15, 0.2) is 0 Å². The number of para-hydroxylation sites is 2. The molecule has 0 saturated carbocycles. The van der Waals surface area contributed by atoms with Gasteiger partial charge in [-0.25, -0.2) is 0 Å². The minimum atomic E-state index is -0.552. The van der Waals surface area contributed by atoms with Crippen LogP contribution in [0.25, 0.3) is 0 Å². The molecule has 0 amide bonds. The average Bonchev–Trinajstić information content (AvgIpc) is 2.38. The number of methoxy groups -OCH3 is 2. The highest BCUT2D eigenvalue weighted by Crippen LogP contribution is 2.28. The maximum atomic E-state index is 9.53. The van der Waals surface area contributed by atoms with E-state index in [1.807, 2.05) is 38.1 Å². The van der Waals surface area contributed by atoms with E-state index in [9.17, 15) is 5.11 Å². The summed E-state index contributed by atoms with van der Waals surface area (Å²) in [5.74, 6) is 0.746. The molecule has 1 aromatic rings. The van der Waals surface area contributed by atoms with Gasteiger partial charge in [0.1, 0.15) is 5.75 Å². The van der Waals surface area contributed by atoms with Crippen LogP contribution in [0.3, 0.4) is 0 Å². The molecule has 0 saturated heterocycles. The zero-order valence-electron chi connectivity index (χ0n) is 10.9. The molecule has 2 N–H and O–H groups in total. The molecule has 2 atom stereocenters. The normalized spacial score (nSPS) is 16.1. The van der Waals surface area contributed by atoms with E-state index in [2.05, 4.69) is 5.32 Å². The molecule has 0 aliphatic carbocycles. The number of nitrogens with one attached hydrogen (secondary N) is 1. The third kappa shape index (κ3) is 3.11. The summed E-state index contributed by atoms with van der Waals surface area (Å²) in [4.78, 5) is 0. The Kier molecular flexibility index (Phi) is 4.78. The fraction of sp³-hybridized carbons (Fsp3) is 0.538. The molecule has 0 bridgehead atoms. The Labute approximate surface area is 103 Å². The van der Waals surface area contributed by atoms with E-state index >= 15 is 0 Å². The molecule has 0 aromatic heterocycles. The van der Waals surface area contributed by atoms with Crippen molar-refractivity contribution in [2.45, 2.75) is 25.5 Å². The number of ether oxygens (including phenoxy) is 2. The molecule has 0 spiro atoms. The topological polar surface area (TPSA) is 50.7 Å². The van der Waals surface area contributed by atoms with Gasteiger partial charge in [-0.15, -0.1) is 0 Å². The molecule has 0 fully saturated rings. The molecule has 2 unspecified atom stereocenters. The van der Waals surface area contributed by atoms with Crippen molar-refractivity contribution in [2.24, 2.45) is 0 Å². The van der Waals surface area contributed by atoms with E-state index in [0.29, 0.717) is 0 Å². The Bertz CT molecular complexity index is 356. The van der Waals surface area contributed by atoms with Crippen LogP contribution in [0.1, 0.15) is 13.8 Å². The number of anilines is 1. The van der Waals surface area contributed by atoms with Crippen LogP contribution in [0.5, 0.6) is 5.75 Å². The van der Waals surface area contributed by atoms with Crippen LogP contribution in [0.2, 0.25) is 0 Å². The summed E-state index contributed by atoms with van der Waals surface area (Å²) in [6.07, 6.45) is -0.127. The highest BCUT2D eigenvalue weighted by molar-refractivity contribution is 5.57. The first kappa shape index (κ1) is 13.8. The van der Waals surface area contributed by atoms with Gasteiger partial charge in [0.25, 0.3) is 0 Å². The smallest absolute Gasteiger partial charge is 0.141 e. The molecule has 4 nitrogen and oxygen atoms in total. The minimum absolute atomic E-state index is 0.0277. The number of aliphatic hydroxyl groups excluding tert-OH is 1. The SMILES string of the molecule is COc1ccccc1NC(C)(CO)C(C)OC. The van der Waals surface area contributed by atoms with Crippen molar-refractivity contribution in [2.75, 3.05) is 26.1 Å². The fourth-order valence-corrected chi connectivity index (χ4v) is 1.59. The molecule has 0 aliphatic rings. The zero-order valence-corrected chi connectivity index (χ0v) is 10.9. The summed E-state index contributed by atoms with van der Waals surface area (Å²) in [6.45, 7) is 3.80. The fourth-order valence-electron chi connectivity index (χ4n) is 1.59. The van der Waals surface area contributed by atoms with Crippen molar-refractivity contribution < 1.29 is 14.6 Å². The van der Waals surface area contributed by atoms with Crippen molar-refractivity contribution in [1.29, 1.82) is 0 Å². The summed E-state index contributed by atoms with van der Waals surface area (Å²) in [6, 6.07) is 7.60. The van der Waals surface area contributed by atoms with Crippen molar-refractivity contribution in [3.63, 3.8) is 0 Å². The van der Waals surface area contributed by atoms with Crippen LogP contribution in [-0.4, -0.2) is 37.6 Å². The molecule has 1 aromatic carbocycles. The van der Waals surface area contributed by atoms with Gasteiger partial charge in [-0.1, -0.05) is 12.1 Å². The Morgan fingerprint density at radius 3 is 2.53 bits per heavy atom. The second-order valence-corrected chi connectivity index (χ2v) is 4.28. The number of aliphatic hydroxyl groups is 1. The standard InChI is InChI=1S/C13H21NO3/c1-10(16-3)13(2,9-15)14-11-7-5-6-8-12(11)17-4/h5-8,10,14-15H,9H2,1-4H3. The number of hydrogen-bond donors (Lipinski definition) is 2. The molecule has 96 valence electrons. The Morgan fingerprint density at radius 2 is 2.00 bits per heavy atom. The number of hydrogen-bond acceptors (Lipinski definition) is 4. The van der Waals surface area contributed by atoms with Crippen LogP contribution < -0.4 is 10.1 Å². The van der Waals surface area contributed by atoms with Crippen LogP contribution in [0.15, 0.2) is 24.3 Å². The first-order chi connectivity index (χ1) is 8.07. The van der Waals surface area contributed by atoms with Crippen molar-refractivity contribution in [3.05, 3.63) is 24.3 Å². The quantitative estimate of drug-likeness (QED) is 0.796. The maximum absolute atomic E-state index is 9.53. The lowest BCUT2D eigenvalue weighted by molar-refractivity contribution is 0.0379. The van der Waals surface area contributed by atoms with Gasteiger partial charge < -0.3 is 19.9 Å². The predicted octanol–water partition coefficient (Wildman–Crippen LogP) is 1.89. The van der Waals surface area contributed by atoms with Crippen molar-refractivity contribution in [3.8, 4) is 5.75 Å². The highest BCUT2D eigenvalue weighted by atomic mass is 16.5. The van der Waals surface area contributed by atoms with E-state index in [4.69, 9.17) is 9.47 Å². The van der Waals surface area contributed by atoms with Crippen molar-refractivity contribution >= 4 is 5.69 Å². The summed E-state index contributed by atoms with van der Waals surface area (Å²) < 4.78 is 10.6. The summed E-state index contributed by atoms with van der Waals surface area (Å²) >= 11 is 0. The summed E-state index contributed by atoms with van der Waals surface area (Å²) in [7, 11) is 3.25. The Morgan fingerprint density at radius 1 is 1.35 bits per heavy atom. The van der Waals surface area contributed by atoms with Gasteiger partial charge in [-0.3, -0.25) is 0 Å². The zero-order chi connectivity index (χ0) is 12.9. The van der Waals surface area contributed by atoms with Gasteiger partial charge in [0.2, 0.25) is 0 Å². The third-order valence-electron chi connectivity index (χ3n) is 3.11. The first-order valence-electron chi connectivity index (χ1n) is 5.62. The van der Waals surface area contributed by atoms with Crippen molar-refractivity contribution in [1.82, 2.24) is 0 Å². The highest BCUT2D eigenvalue weighted by Gasteiger charge is 2.31. The van der Waals surface area contributed by atoms with Crippen LogP contribution in [0, 0.1) is 0 Å². The van der Waals surface area contributed by atoms with E-state index < -0.39 is 5.54 Å². The molecule has 4 heteroatoms. The van der Waals surface area contributed by atoms with E-state index in [-0.39, 0.29) is 12.7 Å². The van der Waals surface area contributed by atoms with Gasteiger partial charge >= 0.3 is 0 Å². The summed E-state index contributed by atoms with van der Waals surface area (Å²) in [5.41, 5.74) is 0.291. The second-order valence-electron chi connectivity index (χ2n) is 4.28. The molecule has 0 heterocycles. The van der Waals surface area contributed by atoms with Crippen LogP contribution in [-0.2, 0) is 4.74 Å². The predicted molar refractivity (Wildman–Crippen MR) is 68.6 cm³/mol. The van der Waals surface area contributed by atoms with E-state index in [1.165, 1.54) is 0 Å².